The number of nitrogens with one attached hydrogen (secondary N) is 1. The molecule has 0 aromatic heterocycles. The summed E-state index contributed by atoms with van der Waals surface area (Å²) in [6.45, 7) is 9.62. The number of ether oxygens (including phenoxy) is 2. The van der Waals surface area contributed by atoms with E-state index in [1.54, 1.807) is 14.2 Å². The van der Waals surface area contributed by atoms with Crippen molar-refractivity contribution in [1.82, 2.24) is 10.2 Å². The molecule has 0 unspecified atom stereocenters. The van der Waals surface area contributed by atoms with Crippen LogP contribution in [0.3, 0.4) is 0 Å². The minimum atomic E-state index is 0.415. The molecule has 20 heavy (non-hydrogen) atoms. The molecule has 1 aromatic rings. The van der Waals surface area contributed by atoms with Crippen molar-refractivity contribution in [3.8, 4) is 11.5 Å². The molecule has 0 spiro atoms. The van der Waals surface area contributed by atoms with Crippen molar-refractivity contribution >= 4 is 0 Å². The minimum absolute atomic E-state index is 0.415. The maximum absolute atomic E-state index is 5.58. The Labute approximate surface area is 122 Å². The van der Waals surface area contributed by atoms with Gasteiger partial charge in [0.05, 0.1) is 14.2 Å². The van der Waals surface area contributed by atoms with E-state index in [0.717, 1.165) is 44.2 Å². The van der Waals surface area contributed by atoms with Gasteiger partial charge in [-0.1, -0.05) is 13.8 Å². The Morgan fingerprint density at radius 1 is 1.10 bits per heavy atom. The SMILES string of the molecule is COc1ccc(OC)c(C(C)C)c1CN1CCNCC1. The van der Waals surface area contributed by atoms with Crippen LogP contribution in [0.4, 0.5) is 0 Å². The van der Waals surface area contributed by atoms with Crippen molar-refractivity contribution in [1.29, 1.82) is 0 Å². The van der Waals surface area contributed by atoms with E-state index in [9.17, 15) is 0 Å². The van der Waals surface area contributed by atoms with E-state index in [1.165, 1.54) is 11.1 Å². The largest absolute Gasteiger partial charge is 0.496 e. The molecule has 0 aliphatic carbocycles. The summed E-state index contributed by atoms with van der Waals surface area (Å²) in [4.78, 5) is 2.47. The molecule has 0 saturated carbocycles. The number of rotatable bonds is 5. The molecule has 1 N–H and O–H groups in total. The second-order valence-corrected chi connectivity index (χ2v) is 5.54. The Morgan fingerprint density at radius 2 is 1.70 bits per heavy atom. The fraction of sp³-hybridized carbons (Fsp3) is 0.625. The van der Waals surface area contributed by atoms with Gasteiger partial charge < -0.3 is 14.8 Å². The summed E-state index contributed by atoms with van der Waals surface area (Å²) in [7, 11) is 3.48. The summed E-state index contributed by atoms with van der Waals surface area (Å²) in [5.74, 6) is 2.34. The first-order valence-electron chi connectivity index (χ1n) is 7.34. The molecule has 4 nitrogen and oxygen atoms in total. The zero-order chi connectivity index (χ0) is 14.5. The Balaban J connectivity index is 2.35. The predicted molar refractivity (Wildman–Crippen MR) is 81.8 cm³/mol. The third kappa shape index (κ3) is 3.25. The Morgan fingerprint density at radius 3 is 2.25 bits per heavy atom. The van der Waals surface area contributed by atoms with E-state index in [4.69, 9.17) is 9.47 Å². The molecular weight excluding hydrogens is 252 g/mol. The number of piperazine rings is 1. The lowest BCUT2D eigenvalue weighted by molar-refractivity contribution is 0.228. The van der Waals surface area contributed by atoms with E-state index in [1.807, 2.05) is 12.1 Å². The Kier molecular flexibility index (Phi) is 5.26. The molecule has 0 radical (unpaired) electrons. The van der Waals surface area contributed by atoms with Crippen LogP contribution in [0.15, 0.2) is 12.1 Å². The topological polar surface area (TPSA) is 33.7 Å². The summed E-state index contributed by atoms with van der Waals surface area (Å²) >= 11 is 0. The minimum Gasteiger partial charge on any atom is -0.496 e. The molecule has 0 atom stereocenters. The molecule has 1 aromatic carbocycles. The normalized spacial score (nSPS) is 16.4. The van der Waals surface area contributed by atoms with Crippen LogP contribution in [-0.2, 0) is 6.54 Å². The molecule has 4 heteroatoms. The number of nitrogens with zero attached hydrogens (tertiary/aromatic N) is 1. The molecule has 0 bridgehead atoms. The third-order valence-corrected chi connectivity index (χ3v) is 3.88. The maximum Gasteiger partial charge on any atom is 0.123 e. The monoisotopic (exact) mass is 278 g/mol. The molecule has 1 aliphatic heterocycles. The van der Waals surface area contributed by atoms with E-state index >= 15 is 0 Å². The standard InChI is InChI=1S/C16H26N2O2/c1-12(2)16-13(11-18-9-7-17-8-10-18)14(19-3)5-6-15(16)20-4/h5-6,12,17H,7-11H2,1-4H3. The van der Waals surface area contributed by atoms with Crippen LogP contribution in [0.2, 0.25) is 0 Å². The lowest BCUT2D eigenvalue weighted by Crippen LogP contribution is -2.43. The molecule has 112 valence electrons. The highest BCUT2D eigenvalue weighted by molar-refractivity contribution is 5.50. The zero-order valence-corrected chi connectivity index (χ0v) is 13.0. The van der Waals surface area contributed by atoms with Crippen molar-refractivity contribution in [2.24, 2.45) is 0 Å². The average molecular weight is 278 g/mol. The summed E-state index contributed by atoms with van der Waals surface area (Å²) in [5.41, 5.74) is 2.54. The van der Waals surface area contributed by atoms with Gasteiger partial charge in [-0.2, -0.15) is 0 Å². The lowest BCUT2D eigenvalue weighted by Gasteiger charge is -2.29. The second-order valence-electron chi connectivity index (χ2n) is 5.54. The van der Waals surface area contributed by atoms with Crippen LogP contribution in [0.25, 0.3) is 0 Å². The van der Waals surface area contributed by atoms with Gasteiger partial charge >= 0.3 is 0 Å². The van der Waals surface area contributed by atoms with Crippen molar-refractivity contribution < 1.29 is 9.47 Å². The van der Waals surface area contributed by atoms with Crippen molar-refractivity contribution in [3.63, 3.8) is 0 Å². The van der Waals surface area contributed by atoms with Gasteiger partial charge in [-0.3, -0.25) is 4.90 Å². The van der Waals surface area contributed by atoms with Crippen LogP contribution in [-0.4, -0.2) is 45.3 Å². The fourth-order valence-electron chi connectivity index (χ4n) is 2.88. The highest BCUT2D eigenvalue weighted by atomic mass is 16.5. The second kappa shape index (κ2) is 6.95. The summed E-state index contributed by atoms with van der Waals surface area (Å²) in [6, 6.07) is 4.03. The van der Waals surface area contributed by atoms with Crippen molar-refractivity contribution in [2.45, 2.75) is 26.3 Å². The quantitative estimate of drug-likeness (QED) is 0.895. The van der Waals surface area contributed by atoms with Crippen LogP contribution in [0.1, 0.15) is 30.9 Å². The maximum atomic E-state index is 5.58. The number of hydrogen-bond donors (Lipinski definition) is 1. The third-order valence-electron chi connectivity index (χ3n) is 3.88. The number of hydrogen-bond acceptors (Lipinski definition) is 4. The summed E-state index contributed by atoms with van der Waals surface area (Å²) < 4.78 is 11.1. The Bertz CT molecular complexity index is 440. The van der Waals surface area contributed by atoms with Gasteiger partial charge in [0, 0.05) is 43.9 Å². The van der Waals surface area contributed by atoms with E-state index in [-0.39, 0.29) is 0 Å². The highest BCUT2D eigenvalue weighted by Crippen LogP contribution is 2.36. The smallest absolute Gasteiger partial charge is 0.123 e. The molecule has 1 heterocycles. The zero-order valence-electron chi connectivity index (χ0n) is 13.0. The van der Waals surface area contributed by atoms with Gasteiger partial charge in [0.1, 0.15) is 11.5 Å². The highest BCUT2D eigenvalue weighted by Gasteiger charge is 2.20. The van der Waals surface area contributed by atoms with Gasteiger partial charge in [-0.15, -0.1) is 0 Å². The van der Waals surface area contributed by atoms with E-state index in [2.05, 4.69) is 24.1 Å². The van der Waals surface area contributed by atoms with Crippen molar-refractivity contribution in [3.05, 3.63) is 23.3 Å². The number of benzene rings is 1. The van der Waals surface area contributed by atoms with Crippen LogP contribution in [0.5, 0.6) is 11.5 Å². The van der Waals surface area contributed by atoms with E-state index < -0.39 is 0 Å². The van der Waals surface area contributed by atoms with Gasteiger partial charge in [-0.25, -0.2) is 0 Å². The lowest BCUT2D eigenvalue weighted by atomic mass is 9.94. The van der Waals surface area contributed by atoms with Crippen LogP contribution < -0.4 is 14.8 Å². The molecule has 1 fully saturated rings. The average Bonchev–Trinajstić information content (AvgIpc) is 2.47. The summed E-state index contributed by atoms with van der Waals surface area (Å²) in [5, 5.41) is 3.39. The molecule has 2 rings (SSSR count). The Hall–Kier alpha value is -1.26. The van der Waals surface area contributed by atoms with Gasteiger partial charge in [0.15, 0.2) is 0 Å². The first-order chi connectivity index (χ1) is 9.67. The van der Waals surface area contributed by atoms with Gasteiger partial charge in [-0.05, 0) is 18.1 Å². The molecular formula is C16H26N2O2. The number of methoxy groups -OCH3 is 2. The first-order valence-corrected chi connectivity index (χ1v) is 7.34. The molecule has 1 aliphatic rings. The van der Waals surface area contributed by atoms with Gasteiger partial charge in [0.25, 0.3) is 0 Å². The van der Waals surface area contributed by atoms with Crippen LogP contribution in [0, 0.1) is 0 Å². The predicted octanol–water partition coefficient (Wildman–Crippen LogP) is 2.23. The summed E-state index contributed by atoms with van der Waals surface area (Å²) in [6.07, 6.45) is 0. The van der Waals surface area contributed by atoms with Gasteiger partial charge in [0.2, 0.25) is 0 Å². The van der Waals surface area contributed by atoms with E-state index in [0.29, 0.717) is 5.92 Å². The van der Waals surface area contributed by atoms with Crippen LogP contribution >= 0.6 is 0 Å². The van der Waals surface area contributed by atoms with Crippen molar-refractivity contribution in [2.75, 3.05) is 40.4 Å². The molecule has 0 amide bonds. The first kappa shape index (κ1) is 15.1. The fourth-order valence-corrected chi connectivity index (χ4v) is 2.88. The molecule has 1 saturated heterocycles.